The maximum atomic E-state index is 13.5. The molecule has 7 aromatic rings. The first kappa shape index (κ1) is 26.9. The molecule has 0 saturated carbocycles. The van der Waals surface area contributed by atoms with E-state index in [4.69, 9.17) is 4.99 Å². The standard InChI is InChI=1S/C39H26F3NS/c40-39(41,42)28-18-16-24(17-19-28)29-20-21-35(26-14-12-25(13-15-26)30-11-5-6-27-22-23-44-38(27)30)43-37-34-10-4-2-8-32(34)31-7-1-3-9-33(31)36(29)37/h1-19,22-23,29H,20-21H2/t29-/m1/s1. The number of hydrogen-bond acceptors (Lipinski definition) is 2. The van der Waals surface area contributed by atoms with E-state index in [-0.39, 0.29) is 5.92 Å². The third-order valence-corrected chi connectivity index (χ3v) is 9.82. The van der Waals surface area contributed by atoms with Crippen molar-refractivity contribution in [2.75, 3.05) is 0 Å². The fourth-order valence-corrected chi connectivity index (χ4v) is 7.68. The van der Waals surface area contributed by atoms with Crippen LogP contribution in [0.1, 0.15) is 41.0 Å². The molecule has 8 rings (SSSR count). The highest BCUT2D eigenvalue weighted by atomic mass is 32.1. The van der Waals surface area contributed by atoms with Crippen LogP contribution in [0.15, 0.2) is 132 Å². The number of hydrogen-bond donors (Lipinski definition) is 0. The molecule has 0 N–H and O–H groups in total. The topological polar surface area (TPSA) is 12.4 Å². The molecule has 0 spiro atoms. The average Bonchev–Trinajstić information content (AvgIpc) is 3.45. The summed E-state index contributed by atoms with van der Waals surface area (Å²) in [6.45, 7) is 0. The third kappa shape index (κ3) is 4.51. The van der Waals surface area contributed by atoms with Gasteiger partial charge in [-0.15, -0.1) is 11.3 Å². The van der Waals surface area contributed by atoms with Crippen molar-refractivity contribution in [3.8, 4) is 11.1 Å². The van der Waals surface area contributed by atoms with Gasteiger partial charge in [0.15, 0.2) is 0 Å². The first-order valence-corrected chi connectivity index (χ1v) is 15.6. The van der Waals surface area contributed by atoms with E-state index in [9.17, 15) is 13.2 Å². The van der Waals surface area contributed by atoms with Crippen molar-refractivity contribution in [2.24, 2.45) is 4.99 Å². The molecule has 5 heteroatoms. The first-order chi connectivity index (χ1) is 21.5. The van der Waals surface area contributed by atoms with Gasteiger partial charge in [-0.3, -0.25) is 4.99 Å². The van der Waals surface area contributed by atoms with E-state index in [0.29, 0.717) is 6.42 Å². The van der Waals surface area contributed by atoms with Crippen molar-refractivity contribution in [1.82, 2.24) is 0 Å². The summed E-state index contributed by atoms with van der Waals surface area (Å²) in [7, 11) is 0. The van der Waals surface area contributed by atoms with Crippen LogP contribution in [0.2, 0.25) is 0 Å². The van der Waals surface area contributed by atoms with Gasteiger partial charge in [0.05, 0.1) is 11.3 Å². The van der Waals surface area contributed by atoms with E-state index < -0.39 is 11.7 Å². The maximum absolute atomic E-state index is 13.5. The summed E-state index contributed by atoms with van der Waals surface area (Å²) < 4.78 is 41.7. The quantitative estimate of drug-likeness (QED) is 0.180. The Labute approximate surface area is 256 Å². The van der Waals surface area contributed by atoms with E-state index in [0.717, 1.165) is 61.6 Å². The molecule has 0 unspecified atom stereocenters. The smallest absolute Gasteiger partial charge is 0.252 e. The summed E-state index contributed by atoms with van der Waals surface area (Å²) >= 11 is 1.75. The molecule has 44 heavy (non-hydrogen) atoms. The monoisotopic (exact) mass is 597 g/mol. The number of halogens is 3. The Morgan fingerprint density at radius 3 is 2.02 bits per heavy atom. The lowest BCUT2D eigenvalue weighted by atomic mass is 9.82. The molecule has 0 fully saturated rings. The molecule has 0 bridgehead atoms. The molecule has 2 heterocycles. The van der Waals surface area contributed by atoms with Crippen molar-refractivity contribution in [1.29, 1.82) is 0 Å². The van der Waals surface area contributed by atoms with Gasteiger partial charge in [-0.05, 0) is 85.8 Å². The van der Waals surface area contributed by atoms with E-state index in [1.165, 1.54) is 27.8 Å². The highest BCUT2D eigenvalue weighted by Gasteiger charge is 2.31. The fraction of sp³-hybridized carbons (Fsp3) is 0.103. The van der Waals surface area contributed by atoms with E-state index in [1.807, 2.05) is 24.3 Å². The zero-order valence-electron chi connectivity index (χ0n) is 23.6. The molecule has 1 aliphatic heterocycles. The second kappa shape index (κ2) is 10.5. The van der Waals surface area contributed by atoms with E-state index in [1.54, 1.807) is 23.5 Å². The highest BCUT2D eigenvalue weighted by molar-refractivity contribution is 7.17. The van der Waals surface area contributed by atoms with E-state index >= 15 is 0 Å². The average molecular weight is 598 g/mol. The second-order valence-electron chi connectivity index (χ2n) is 11.3. The molecule has 0 saturated heterocycles. The Kier molecular flexibility index (Phi) is 6.38. The highest BCUT2D eigenvalue weighted by Crippen LogP contribution is 2.48. The molecule has 1 atom stereocenters. The third-order valence-electron chi connectivity index (χ3n) is 8.86. The van der Waals surface area contributed by atoms with Crippen LogP contribution in [-0.4, -0.2) is 5.71 Å². The lowest BCUT2D eigenvalue weighted by molar-refractivity contribution is -0.137. The normalized spacial score (nSPS) is 15.3. The van der Waals surface area contributed by atoms with Crippen LogP contribution >= 0.6 is 11.3 Å². The van der Waals surface area contributed by atoms with Gasteiger partial charge < -0.3 is 0 Å². The van der Waals surface area contributed by atoms with Crippen molar-refractivity contribution >= 4 is 54.4 Å². The van der Waals surface area contributed by atoms with Gasteiger partial charge in [-0.25, -0.2) is 0 Å². The SMILES string of the molecule is FC(F)(F)c1ccc([C@H]2CCC(c3ccc(-c4cccc5ccsc45)cc3)=Nc3c2c2ccccc2c2ccccc32)cc1. The van der Waals surface area contributed by atoms with Crippen molar-refractivity contribution in [2.45, 2.75) is 24.9 Å². The van der Waals surface area contributed by atoms with Crippen LogP contribution in [0.25, 0.3) is 42.8 Å². The summed E-state index contributed by atoms with van der Waals surface area (Å²) in [6, 6.07) is 39.6. The van der Waals surface area contributed by atoms with Gasteiger partial charge in [0.25, 0.3) is 0 Å². The van der Waals surface area contributed by atoms with Gasteiger partial charge in [-0.1, -0.05) is 103 Å². The molecular formula is C39H26F3NS. The van der Waals surface area contributed by atoms with Crippen LogP contribution in [0.3, 0.4) is 0 Å². The number of alkyl halides is 3. The minimum atomic E-state index is -4.37. The minimum Gasteiger partial charge on any atom is -0.252 e. The molecule has 0 radical (unpaired) electrons. The summed E-state index contributed by atoms with van der Waals surface area (Å²) in [4.78, 5) is 5.40. The molecule has 214 valence electrons. The Bertz CT molecular complexity index is 2210. The number of nitrogens with zero attached hydrogens (tertiary/aromatic N) is 1. The Hall–Kier alpha value is -4.74. The van der Waals surface area contributed by atoms with Crippen LogP contribution in [-0.2, 0) is 6.18 Å². The molecule has 6 aromatic carbocycles. The summed E-state index contributed by atoms with van der Waals surface area (Å²) in [5.41, 5.74) is 6.65. The van der Waals surface area contributed by atoms with Crippen molar-refractivity contribution in [3.05, 3.63) is 149 Å². The predicted octanol–water partition coefficient (Wildman–Crippen LogP) is 11.9. The summed E-state index contributed by atoms with van der Waals surface area (Å²) in [5.74, 6) is -0.112. The van der Waals surface area contributed by atoms with Gasteiger partial charge in [0, 0.05) is 21.7 Å². The number of thiophene rings is 1. The lowest BCUT2D eigenvalue weighted by Crippen LogP contribution is -2.07. The van der Waals surface area contributed by atoms with Crippen molar-refractivity contribution in [3.63, 3.8) is 0 Å². The van der Waals surface area contributed by atoms with Crippen LogP contribution in [0, 0.1) is 0 Å². The Morgan fingerprint density at radius 1 is 0.636 bits per heavy atom. The number of benzene rings is 6. The molecular weight excluding hydrogens is 571 g/mol. The van der Waals surface area contributed by atoms with Crippen LogP contribution < -0.4 is 0 Å². The minimum absolute atomic E-state index is 0.112. The summed E-state index contributed by atoms with van der Waals surface area (Å²) in [6.07, 6.45) is -2.95. The number of rotatable bonds is 3. The largest absolute Gasteiger partial charge is 0.416 e. The predicted molar refractivity (Wildman–Crippen MR) is 177 cm³/mol. The zero-order chi connectivity index (χ0) is 29.8. The van der Waals surface area contributed by atoms with Crippen LogP contribution in [0.4, 0.5) is 18.9 Å². The van der Waals surface area contributed by atoms with Gasteiger partial charge in [-0.2, -0.15) is 13.2 Å². The molecule has 1 aromatic heterocycles. The van der Waals surface area contributed by atoms with Crippen molar-refractivity contribution < 1.29 is 13.2 Å². The Balaban J connectivity index is 1.29. The Morgan fingerprint density at radius 2 is 1.30 bits per heavy atom. The fourth-order valence-electron chi connectivity index (χ4n) is 6.75. The lowest BCUT2D eigenvalue weighted by Gasteiger charge is -2.22. The maximum Gasteiger partial charge on any atom is 0.416 e. The summed E-state index contributed by atoms with van der Waals surface area (Å²) in [5, 5.41) is 7.77. The molecule has 0 amide bonds. The molecule has 0 aliphatic carbocycles. The first-order valence-electron chi connectivity index (χ1n) is 14.7. The van der Waals surface area contributed by atoms with Crippen LogP contribution in [0.5, 0.6) is 0 Å². The number of aliphatic imine (C=N–C) groups is 1. The van der Waals surface area contributed by atoms with E-state index in [2.05, 4.69) is 78.2 Å². The van der Waals surface area contributed by atoms with Gasteiger partial charge in [0.2, 0.25) is 0 Å². The second-order valence-corrected chi connectivity index (χ2v) is 12.3. The molecule has 1 nitrogen and oxygen atoms in total. The zero-order valence-corrected chi connectivity index (χ0v) is 24.4. The molecule has 1 aliphatic rings. The number of fused-ring (bicyclic) bond motifs is 7. The van der Waals surface area contributed by atoms with Gasteiger partial charge in [0.1, 0.15) is 0 Å². The van der Waals surface area contributed by atoms with Gasteiger partial charge >= 0.3 is 6.18 Å².